The minimum Gasteiger partial charge on any atom is -0.465 e. The van der Waals surface area contributed by atoms with Crippen LogP contribution in [0.5, 0.6) is 0 Å². The Balaban J connectivity index is 2.65. The minimum absolute atomic E-state index is 0.229. The molecule has 17 heavy (non-hydrogen) atoms. The lowest BCUT2D eigenvalue weighted by atomic mass is 9.61. The number of carboxylic acid groups (broad SMARTS) is 1. The Hall–Kier alpha value is -0.910. The fourth-order valence-corrected chi connectivity index (χ4v) is 2.90. The van der Waals surface area contributed by atoms with E-state index in [0.29, 0.717) is 6.42 Å². The van der Waals surface area contributed by atoms with Crippen molar-refractivity contribution in [3.05, 3.63) is 0 Å². The second-order valence-electron chi connectivity index (χ2n) is 5.63. The van der Waals surface area contributed by atoms with Gasteiger partial charge in [0.05, 0.1) is 6.61 Å². The van der Waals surface area contributed by atoms with Gasteiger partial charge in [-0.25, -0.2) is 13.6 Å². The van der Waals surface area contributed by atoms with Crippen molar-refractivity contribution in [2.75, 3.05) is 13.7 Å². The van der Waals surface area contributed by atoms with Gasteiger partial charge in [0.1, 0.15) is 0 Å². The molecule has 4 nitrogen and oxygen atoms in total. The number of hydrogen-bond acceptors (Lipinski definition) is 2. The Bertz CT molecular complexity index is 297. The van der Waals surface area contributed by atoms with E-state index in [9.17, 15) is 13.6 Å². The van der Waals surface area contributed by atoms with Crippen molar-refractivity contribution in [2.45, 2.75) is 44.6 Å². The van der Waals surface area contributed by atoms with Crippen LogP contribution in [0.1, 0.15) is 33.1 Å². The molecule has 100 valence electrons. The smallest absolute Gasteiger partial charge is 0.405 e. The molecule has 0 aromatic heterocycles. The van der Waals surface area contributed by atoms with Crippen LogP contribution in [0.4, 0.5) is 13.6 Å². The van der Waals surface area contributed by atoms with E-state index >= 15 is 0 Å². The zero-order valence-electron chi connectivity index (χ0n) is 10.3. The van der Waals surface area contributed by atoms with Crippen LogP contribution in [0.15, 0.2) is 0 Å². The Morgan fingerprint density at radius 1 is 1.47 bits per heavy atom. The number of ether oxygens (including phenoxy) is 1. The summed E-state index contributed by atoms with van der Waals surface area (Å²) in [6, 6.07) is 0. The maximum absolute atomic E-state index is 13.0. The molecule has 0 atom stereocenters. The molecule has 0 saturated heterocycles. The summed E-state index contributed by atoms with van der Waals surface area (Å²) in [6.45, 7) is 3.61. The van der Waals surface area contributed by atoms with E-state index in [1.807, 2.05) is 0 Å². The number of nitrogens with one attached hydrogen (secondary N) is 1. The van der Waals surface area contributed by atoms with Gasteiger partial charge in [-0.15, -0.1) is 0 Å². The fraction of sp³-hybridized carbons (Fsp3) is 0.909. The van der Waals surface area contributed by atoms with Crippen LogP contribution in [-0.4, -0.2) is 36.4 Å². The maximum Gasteiger partial charge on any atom is 0.405 e. The van der Waals surface area contributed by atoms with Gasteiger partial charge in [0.15, 0.2) is 0 Å². The first-order valence-corrected chi connectivity index (χ1v) is 5.48. The number of amides is 1. The van der Waals surface area contributed by atoms with E-state index in [4.69, 9.17) is 9.84 Å². The van der Waals surface area contributed by atoms with Gasteiger partial charge in [-0.1, -0.05) is 0 Å². The van der Waals surface area contributed by atoms with E-state index < -0.39 is 23.0 Å². The highest BCUT2D eigenvalue weighted by molar-refractivity contribution is 5.65. The van der Waals surface area contributed by atoms with Gasteiger partial charge < -0.3 is 15.2 Å². The molecule has 6 heteroatoms. The molecular weight excluding hydrogens is 232 g/mol. The predicted octanol–water partition coefficient (Wildman–Crippen LogP) is 2.48. The first kappa shape index (κ1) is 14.2. The molecule has 0 aromatic carbocycles. The third-order valence-electron chi connectivity index (χ3n) is 2.98. The number of hydrogen-bond donors (Lipinski definition) is 2. The highest BCUT2D eigenvalue weighted by atomic mass is 19.3. The average Bonchev–Trinajstić information content (AvgIpc) is 1.95. The summed E-state index contributed by atoms with van der Waals surface area (Å²) < 4.78 is 31.0. The quantitative estimate of drug-likeness (QED) is 0.789. The van der Waals surface area contributed by atoms with E-state index in [0.717, 1.165) is 0 Å². The lowest BCUT2D eigenvalue weighted by Gasteiger charge is -2.50. The predicted molar refractivity (Wildman–Crippen MR) is 58.3 cm³/mol. The molecule has 0 aromatic rings. The molecule has 1 saturated carbocycles. The van der Waals surface area contributed by atoms with E-state index in [1.165, 1.54) is 7.11 Å². The largest absolute Gasteiger partial charge is 0.465 e. The second-order valence-corrected chi connectivity index (χ2v) is 5.63. The van der Waals surface area contributed by atoms with E-state index in [1.54, 1.807) is 13.8 Å². The van der Waals surface area contributed by atoms with Crippen molar-refractivity contribution in [2.24, 2.45) is 5.41 Å². The Morgan fingerprint density at radius 3 is 2.35 bits per heavy atom. The average molecular weight is 251 g/mol. The van der Waals surface area contributed by atoms with Crippen molar-refractivity contribution < 1.29 is 23.4 Å². The van der Waals surface area contributed by atoms with Crippen LogP contribution in [-0.2, 0) is 4.74 Å². The third-order valence-corrected chi connectivity index (χ3v) is 2.98. The number of methoxy groups -OCH3 is 1. The lowest BCUT2D eigenvalue weighted by molar-refractivity contribution is -0.187. The van der Waals surface area contributed by atoms with Gasteiger partial charge in [-0.05, 0) is 20.3 Å². The van der Waals surface area contributed by atoms with Gasteiger partial charge in [0.25, 0.3) is 0 Å². The molecule has 1 fully saturated rings. The number of halogens is 2. The lowest BCUT2D eigenvalue weighted by Crippen LogP contribution is -2.55. The molecule has 0 radical (unpaired) electrons. The molecule has 0 aliphatic heterocycles. The van der Waals surface area contributed by atoms with Crippen LogP contribution in [0.25, 0.3) is 0 Å². The number of carbonyl (C=O) groups is 1. The van der Waals surface area contributed by atoms with Gasteiger partial charge in [-0.2, -0.15) is 0 Å². The zero-order chi connectivity index (χ0) is 13.3. The van der Waals surface area contributed by atoms with Gasteiger partial charge >= 0.3 is 6.09 Å². The van der Waals surface area contributed by atoms with Crippen LogP contribution < -0.4 is 5.32 Å². The Kier molecular flexibility index (Phi) is 3.66. The standard InChI is InChI=1S/C11H19F2NO3/c1-9(2,14-8(15)16)4-10(7-17-3)5-11(12,13)6-10/h14H,4-7H2,1-3H3,(H,15,16). The summed E-state index contributed by atoms with van der Waals surface area (Å²) >= 11 is 0. The SMILES string of the molecule is COCC1(CC(C)(C)NC(=O)O)CC(F)(F)C1. The topological polar surface area (TPSA) is 58.6 Å². The van der Waals surface area contributed by atoms with E-state index in [-0.39, 0.29) is 19.4 Å². The summed E-state index contributed by atoms with van der Waals surface area (Å²) in [5, 5.41) is 11.0. The zero-order valence-corrected chi connectivity index (χ0v) is 10.3. The van der Waals surface area contributed by atoms with Crippen LogP contribution in [0.3, 0.4) is 0 Å². The molecule has 0 unspecified atom stereocenters. The van der Waals surface area contributed by atoms with Crippen molar-refractivity contribution in [1.82, 2.24) is 5.32 Å². The number of alkyl halides is 2. The van der Waals surface area contributed by atoms with Gasteiger partial charge in [0.2, 0.25) is 5.92 Å². The van der Waals surface area contributed by atoms with Crippen LogP contribution in [0.2, 0.25) is 0 Å². The van der Waals surface area contributed by atoms with Crippen molar-refractivity contribution >= 4 is 6.09 Å². The monoisotopic (exact) mass is 251 g/mol. The molecule has 1 aliphatic carbocycles. The summed E-state index contributed by atoms with van der Waals surface area (Å²) in [7, 11) is 1.47. The summed E-state index contributed by atoms with van der Waals surface area (Å²) in [4.78, 5) is 10.6. The van der Waals surface area contributed by atoms with Gasteiger partial charge in [-0.3, -0.25) is 0 Å². The van der Waals surface area contributed by atoms with E-state index in [2.05, 4.69) is 5.32 Å². The normalized spacial score (nSPS) is 21.7. The second kappa shape index (κ2) is 4.40. The van der Waals surface area contributed by atoms with Crippen LogP contribution >= 0.6 is 0 Å². The first-order chi connectivity index (χ1) is 7.60. The van der Waals surface area contributed by atoms with Crippen molar-refractivity contribution in [1.29, 1.82) is 0 Å². The molecule has 0 heterocycles. The molecule has 1 amide bonds. The highest BCUT2D eigenvalue weighted by Crippen LogP contribution is 2.55. The first-order valence-electron chi connectivity index (χ1n) is 5.48. The van der Waals surface area contributed by atoms with Crippen molar-refractivity contribution in [3.63, 3.8) is 0 Å². The molecule has 2 N–H and O–H groups in total. The summed E-state index contributed by atoms with van der Waals surface area (Å²) in [5.74, 6) is -2.64. The van der Waals surface area contributed by atoms with Crippen molar-refractivity contribution in [3.8, 4) is 0 Å². The van der Waals surface area contributed by atoms with Crippen LogP contribution in [0, 0.1) is 5.41 Å². The van der Waals surface area contributed by atoms with Gasteiger partial charge in [0, 0.05) is 30.9 Å². The molecule has 1 aliphatic rings. The third kappa shape index (κ3) is 3.80. The molecular formula is C11H19F2NO3. The number of rotatable bonds is 5. The minimum atomic E-state index is -2.64. The highest BCUT2D eigenvalue weighted by Gasteiger charge is 2.57. The molecule has 1 rings (SSSR count). The molecule has 0 spiro atoms. The Morgan fingerprint density at radius 2 is 2.00 bits per heavy atom. The Labute approximate surface area is 99.3 Å². The summed E-state index contributed by atoms with van der Waals surface area (Å²) in [6.07, 6.45) is -1.28. The summed E-state index contributed by atoms with van der Waals surface area (Å²) in [5.41, 5.74) is -1.36. The molecule has 0 bridgehead atoms. The fourth-order valence-electron chi connectivity index (χ4n) is 2.90. The maximum atomic E-state index is 13.0.